The smallest absolute Gasteiger partial charge is 0.214 e. The molecule has 21 heavy (non-hydrogen) atoms. The fraction of sp³-hybridized carbons (Fsp3) is 0.308. The van der Waals surface area contributed by atoms with Crippen molar-refractivity contribution in [3.05, 3.63) is 42.2 Å². The van der Waals surface area contributed by atoms with Gasteiger partial charge in [0.05, 0.1) is 11.9 Å². The number of aromatic amines is 1. The summed E-state index contributed by atoms with van der Waals surface area (Å²) in [6.45, 7) is 0.321. The number of rotatable bonds is 7. The van der Waals surface area contributed by atoms with Gasteiger partial charge in [0.15, 0.2) is 0 Å². The number of benzene rings is 1. The molecule has 3 N–H and O–H groups in total. The van der Waals surface area contributed by atoms with E-state index in [2.05, 4.69) is 10.2 Å². The Morgan fingerprint density at radius 3 is 2.90 bits per heavy atom. The molecule has 0 saturated carbocycles. The minimum atomic E-state index is -3.28. The summed E-state index contributed by atoms with van der Waals surface area (Å²) in [6, 6.07) is 7.42. The number of anilines is 1. The summed E-state index contributed by atoms with van der Waals surface area (Å²) >= 11 is 1.48. The van der Waals surface area contributed by atoms with Crippen molar-refractivity contribution >= 4 is 27.5 Å². The van der Waals surface area contributed by atoms with Crippen molar-refractivity contribution in [2.75, 3.05) is 24.3 Å². The molecule has 0 unspecified atom stereocenters. The highest BCUT2D eigenvalue weighted by molar-refractivity contribution is 8.00. The van der Waals surface area contributed by atoms with Gasteiger partial charge in [-0.1, -0.05) is 6.07 Å². The number of sulfonamides is 1. The maximum atomic E-state index is 12.2. The molecule has 0 bridgehead atoms. The lowest BCUT2D eigenvalue weighted by Crippen LogP contribution is -2.29. The van der Waals surface area contributed by atoms with Gasteiger partial charge in [-0.2, -0.15) is 5.10 Å². The summed E-state index contributed by atoms with van der Waals surface area (Å²) in [5.74, 6) is 0.572. The predicted octanol–water partition coefficient (Wildman–Crippen LogP) is 1.55. The van der Waals surface area contributed by atoms with Crippen LogP contribution < -0.4 is 5.73 Å². The summed E-state index contributed by atoms with van der Waals surface area (Å²) < 4.78 is 25.7. The Morgan fingerprint density at radius 2 is 2.24 bits per heavy atom. The number of nitrogens with zero attached hydrogens (tertiary/aromatic N) is 2. The summed E-state index contributed by atoms with van der Waals surface area (Å²) in [7, 11) is -1.70. The molecule has 0 fully saturated rings. The van der Waals surface area contributed by atoms with Gasteiger partial charge in [0.1, 0.15) is 0 Å². The molecular formula is C13H18N4O2S2. The molecule has 1 aromatic heterocycles. The van der Waals surface area contributed by atoms with Gasteiger partial charge in [0.2, 0.25) is 10.0 Å². The van der Waals surface area contributed by atoms with E-state index in [1.807, 2.05) is 18.2 Å². The summed E-state index contributed by atoms with van der Waals surface area (Å²) in [4.78, 5) is 0.975. The van der Waals surface area contributed by atoms with E-state index in [1.54, 1.807) is 25.5 Å². The highest BCUT2D eigenvalue weighted by atomic mass is 32.2. The first-order valence-electron chi connectivity index (χ1n) is 6.37. The number of nitrogens with two attached hydrogens (primary N) is 1. The number of nitrogens with one attached hydrogen (secondary N) is 1. The highest BCUT2D eigenvalue weighted by Gasteiger charge is 2.18. The van der Waals surface area contributed by atoms with E-state index in [4.69, 9.17) is 5.73 Å². The Morgan fingerprint density at radius 1 is 1.43 bits per heavy atom. The van der Waals surface area contributed by atoms with E-state index in [1.165, 1.54) is 16.1 Å². The average Bonchev–Trinajstić information content (AvgIpc) is 2.91. The first-order chi connectivity index (χ1) is 9.97. The zero-order chi connectivity index (χ0) is 15.3. The van der Waals surface area contributed by atoms with Crippen LogP contribution in [0.1, 0.15) is 5.56 Å². The van der Waals surface area contributed by atoms with Crippen LogP contribution in [0.25, 0.3) is 0 Å². The Hall–Kier alpha value is -1.51. The van der Waals surface area contributed by atoms with Crippen LogP contribution >= 0.6 is 11.8 Å². The molecule has 0 radical (unpaired) electrons. The largest absolute Gasteiger partial charge is 0.399 e. The van der Waals surface area contributed by atoms with Crippen molar-refractivity contribution < 1.29 is 8.42 Å². The molecule has 6 nitrogen and oxygen atoms in total. The van der Waals surface area contributed by atoms with Gasteiger partial charge in [0, 0.05) is 41.7 Å². The van der Waals surface area contributed by atoms with Crippen molar-refractivity contribution in [1.82, 2.24) is 14.5 Å². The fourth-order valence-corrected chi connectivity index (χ4v) is 4.21. The van der Waals surface area contributed by atoms with Crippen molar-refractivity contribution in [1.29, 1.82) is 0 Å². The zero-order valence-electron chi connectivity index (χ0n) is 11.7. The van der Waals surface area contributed by atoms with Crippen LogP contribution in [-0.2, 0) is 16.6 Å². The third-order valence-corrected chi connectivity index (χ3v) is 5.96. The van der Waals surface area contributed by atoms with E-state index in [0.29, 0.717) is 18.0 Å². The molecule has 0 aliphatic rings. The SMILES string of the molecule is CN(Cc1cn[nH]c1)S(=O)(=O)CCSc1cccc(N)c1. The van der Waals surface area contributed by atoms with Gasteiger partial charge in [-0.25, -0.2) is 12.7 Å². The van der Waals surface area contributed by atoms with Crippen LogP contribution in [0.5, 0.6) is 0 Å². The molecule has 0 atom stereocenters. The topological polar surface area (TPSA) is 92.1 Å². The Balaban J connectivity index is 1.86. The monoisotopic (exact) mass is 326 g/mol. The van der Waals surface area contributed by atoms with Crippen LogP contribution in [0.2, 0.25) is 0 Å². The van der Waals surface area contributed by atoms with Crippen LogP contribution in [0.4, 0.5) is 5.69 Å². The maximum absolute atomic E-state index is 12.2. The third kappa shape index (κ3) is 4.76. The minimum Gasteiger partial charge on any atom is -0.399 e. The van der Waals surface area contributed by atoms with E-state index in [0.717, 1.165) is 10.5 Å². The Kier molecular flexibility index (Phi) is 5.27. The molecule has 0 saturated heterocycles. The van der Waals surface area contributed by atoms with Crippen molar-refractivity contribution in [3.63, 3.8) is 0 Å². The van der Waals surface area contributed by atoms with E-state index >= 15 is 0 Å². The second-order valence-electron chi connectivity index (χ2n) is 4.60. The van der Waals surface area contributed by atoms with Crippen LogP contribution in [0.3, 0.4) is 0 Å². The first-order valence-corrected chi connectivity index (χ1v) is 8.97. The average molecular weight is 326 g/mol. The van der Waals surface area contributed by atoms with E-state index in [-0.39, 0.29) is 5.75 Å². The quantitative estimate of drug-likeness (QED) is 0.595. The highest BCUT2D eigenvalue weighted by Crippen LogP contribution is 2.20. The maximum Gasteiger partial charge on any atom is 0.214 e. The number of thioether (sulfide) groups is 1. The van der Waals surface area contributed by atoms with Crippen molar-refractivity contribution in [2.24, 2.45) is 0 Å². The molecule has 0 amide bonds. The number of nitrogen functional groups attached to an aromatic ring is 1. The first kappa shape index (κ1) is 15.9. The zero-order valence-corrected chi connectivity index (χ0v) is 13.3. The lowest BCUT2D eigenvalue weighted by Gasteiger charge is -2.16. The standard InChI is InChI=1S/C13H18N4O2S2/c1-17(10-11-8-15-16-9-11)21(18,19)6-5-20-13-4-2-3-12(14)7-13/h2-4,7-9H,5-6,10,14H2,1H3,(H,15,16). The fourth-order valence-electron chi connectivity index (χ4n) is 1.74. The van der Waals surface area contributed by atoms with Gasteiger partial charge in [-0.3, -0.25) is 5.10 Å². The van der Waals surface area contributed by atoms with Gasteiger partial charge in [0.25, 0.3) is 0 Å². The minimum absolute atomic E-state index is 0.0841. The van der Waals surface area contributed by atoms with Crippen molar-refractivity contribution in [3.8, 4) is 0 Å². The molecule has 1 heterocycles. The van der Waals surface area contributed by atoms with E-state index < -0.39 is 10.0 Å². The molecule has 2 rings (SSSR count). The second-order valence-corrected chi connectivity index (χ2v) is 7.96. The van der Waals surface area contributed by atoms with Crippen LogP contribution in [-0.4, -0.2) is 41.5 Å². The van der Waals surface area contributed by atoms with Gasteiger partial charge in [-0.15, -0.1) is 11.8 Å². The molecule has 0 aliphatic heterocycles. The second kappa shape index (κ2) is 6.97. The molecule has 1 aromatic carbocycles. The number of H-pyrrole nitrogens is 1. The number of hydrogen-bond acceptors (Lipinski definition) is 5. The Bertz CT molecular complexity index is 671. The summed E-state index contributed by atoms with van der Waals surface area (Å²) in [5, 5.41) is 6.47. The van der Waals surface area contributed by atoms with Gasteiger partial charge >= 0.3 is 0 Å². The normalized spacial score (nSPS) is 11.9. The molecule has 114 valence electrons. The van der Waals surface area contributed by atoms with Gasteiger partial charge in [-0.05, 0) is 18.2 Å². The van der Waals surface area contributed by atoms with E-state index in [9.17, 15) is 8.42 Å². The lowest BCUT2D eigenvalue weighted by molar-refractivity contribution is 0.468. The number of aromatic nitrogens is 2. The molecule has 0 spiro atoms. The molecule has 8 heteroatoms. The Labute approximate surface area is 128 Å². The molecule has 2 aromatic rings. The lowest BCUT2D eigenvalue weighted by atomic mass is 10.3. The van der Waals surface area contributed by atoms with Gasteiger partial charge < -0.3 is 5.73 Å². The van der Waals surface area contributed by atoms with Crippen molar-refractivity contribution in [2.45, 2.75) is 11.4 Å². The summed E-state index contributed by atoms with van der Waals surface area (Å²) in [6.07, 6.45) is 3.31. The molecule has 0 aliphatic carbocycles. The third-order valence-electron chi connectivity index (χ3n) is 2.90. The summed E-state index contributed by atoms with van der Waals surface area (Å²) in [5.41, 5.74) is 7.21. The predicted molar refractivity (Wildman–Crippen MR) is 85.4 cm³/mol. The molecular weight excluding hydrogens is 308 g/mol. The van der Waals surface area contributed by atoms with Crippen LogP contribution in [0, 0.1) is 0 Å². The number of hydrogen-bond donors (Lipinski definition) is 2. The van der Waals surface area contributed by atoms with Crippen LogP contribution in [0.15, 0.2) is 41.6 Å².